The molecule has 1 saturated heterocycles. The zero-order valence-corrected chi connectivity index (χ0v) is 8.76. The van der Waals surface area contributed by atoms with E-state index in [0.717, 1.165) is 17.7 Å². The number of hydrogen-bond donors (Lipinski definition) is 1. The average Bonchev–Trinajstić information content (AvgIpc) is 2.75. The van der Waals surface area contributed by atoms with Crippen molar-refractivity contribution < 1.29 is 9.53 Å². The first-order valence-electron chi connectivity index (χ1n) is 4.60. The van der Waals surface area contributed by atoms with E-state index >= 15 is 0 Å². The van der Waals surface area contributed by atoms with Crippen LogP contribution in [0.5, 0.6) is 0 Å². The Morgan fingerprint density at radius 3 is 3.21 bits per heavy atom. The quantitative estimate of drug-likeness (QED) is 0.809. The number of rotatable bonds is 2. The monoisotopic (exact) mass is 212 g/mol. The summed E-state index contributed by atoms with van der Waals surface area (Å²) in [5.74, 6) is -0.0724. The number of anilines is 1. The minimum atomic E-state index is -0.279. The molecule has 2 heterocycles. The zero-order valence-electron chi connectivity index (χ0n) is 7.95. The van der Waals surface area contributed by atoms with Crippen molar-refractivity contribution in [3.8, 4) is 0 Å². The van der Waals surface area contributed by atoms with Crippen molar-refractivity contribution >= 4 is 22.4 Å². The Morgan fingerprint density at radius 1 is 1.79 bits per heavy atom. The van der Waals surface area contributed by atoms with Crippen LogP contribution in [0.1, 0.15) is 17.7 Å². The second kappa shape index (κ2) is 4.06. The Kier molecular flexibility index (Phi) is 2.79. The van der Waals surface area contributed by atoms with Crippen molar-refractivity contribution in [2.75, 3.05) is 11.9 Å². The second-order valence-electron chi connectivity index (χ2n) is 3.27. The molecule has 0 radical (unpaired) electrons. The van der Waals surface area contributed by atoms with Crippen LogP contribution in [-0.4, -0.2) is 23.6 Å². The molecule has 5 heteroatoms. The largest absolute Gasteiger partial charge is 0.368 e. The number of carbonyl (C=O) groups excluding carboxylic acids is 1. The third-order valence-electron chi connectivity index (χ3n) is 2.07. The minimum Gasteiger partial charge on any atom is -0.368 e. The van der Waals surface area contributed by atoms with Crippen LogP contribution in [0.3, 0.4) is 0 Å². The van der Waals surface area contributed by atoms with Gasteiger partial charge in [0.05, 0.1) is 0 Å². The summed E-state index contributed by atoms with van der Waals surface area (Å²) < 4.78 is 5.26. The number of aromatic nitrogens is 1. The molecule has 76 valence electrons. The lowest BCUT2D eigenvalue weighted by Crippen LogP contribution is -2.26. The third kappa shape index (κ3) is 2.10. The SMILES string of the molecule is Cc1cnc(NC(=O)[C@H]2CCCO2)s1. The van der Waals surface area contributed by atoms with E-state index in [4.69, 9.17) is 4.74 Å². The Bertz CT molecular complexity index is 331. The fraction of sp³-hybridized carbons (Fsp3) is 0.556. The number of carbonyl (C=O) groups is 1. The normalized spacial score (nSPS) is 21.1. The molecule has 0 saturated carbocycles. The maximum atomic E-state index is 11.6. The summed E-state index contributed by atoms with van der Waals surface area (Å²) in [4.78, 5) is 16.7. The van der Waals surface area contributed by atoms with Gasteiger partial charge >= 0.3 is 0 Å². The maximum Gasteiger partial charge on any atom is 0.255 e. The molecule has 1 atom stereocenters. The molecule has 0 aromatic carbocycles. The number of nitrogens with one attached hydrogen (secondary N) is 1. The van der Waals surface area contributed by atoms with E-state index < -0.39 is 0 Å². The molecular weight excluding hydrogens is 200 g/mol. The van der Waals surface area contributed by atoms with Crippen molar-refractivity contribution in [3.63, 3.8) is 0 Å². The predicted molar refractivity (Wildman–Crippen MR) is 54.5 cm³/mol. The van der Waals surface area contributed by atoms with Crippen LogP contribution in [0.15, 0.2) is 6.20 Å². The van der Waals surface area contributed by atoms with E-state index in [1.54, 1.807) is 6.20 Å². The van der Waals surface area contributed by atoms with E-state index in [0.29, 0.717) is 11.7 Å². The molecule has 1 aliphatic heterocycles. The summed E-state index contributed by atoms with van der Waals surface area (Å²) in [6.45, 7) is 2.65. The molecule has 0 aliphatic carbocycles. The van der Waals surface area contributed by atoms with Crippen LogP contribution in [0, 0.1) is 6.92 Å². The summed E-state index contributed by atoms with van der Waals surface area (Å²) in [6, 6.07) is 0. The summed E-state index contributed by atoms with van der Waals surface area (Å²) in [5, 5.41) is 3.40. The standard InChI is InChI=1S/C9H12N2O2S/c1-6-5-10-9(14-6)11-8(12)7-3-2-4-13-7/h5,7H,2-4H2,1H3,(H,10,11,12)/t7-/m1/s1. The van der Waals surface area contributed by atoms with Gasteiger partial charge in [-0.1, -0.05) is 0 Å². The Balaban J connectivity index is 1.93. The predicted octanol–water partition coefficient (Wildman–Crippen LogP) is 1.57. The third-order valence-corrected chi connectivity index (χ3v) is 2.90. The van der Waals surface area contributed by atoms with E-state index in [9.17, 15) is 4.79 Å². The van der Waals surface area contributed by atoms with Crippen molar-refractivity contribution in [1.29, 1.82) is 0 Å². The highest BCUT2D eigenvalue weighted by Crippen LogP contribution is 2.19. The van der Waals surface area contributed by atoms with Gasteiger partial charge in [-0.15, -0.1) is 11.3 Å². The molecule has 4 nitrogen and oxygen atoms in total. The molecule has 1 fully saturated rings. The lowest BCUT2D eigenvalue weighted by atomic mass is 10.2. The van der Waals surface area contributed by atoms with E-state index in [1.807, 2.05) is 6.92 Å². The molecule has 0 spiro atoms. The van der Waals surface area contributed by atoms with Gasteiger partial charge in [0.25, 0.3) is 5.91 Å². The van der Waals surface area contributed by atoms with E-state index in [2.05, 4.69) is 10.3 Å². The summed E-state index contributed by atoms with van der Waals surface area (Å²) in [5.41, 5.74) is 0. The molecule has 14 heavy (non-hydrogen) atoms. The van der Waals surface area contributed by atoms with Crippen molar-refractivity contribution in [2.45, 2.75) is 25.9 Å². The second-order valence-corrected chi connectivity index (χ2v) is 4.50. The first kappa shape index (κ1) is 9.61. The van der Waals surface area contributed by atoms with Crippen molar-refractivity contribution in [2.24, 2.45) is 0 Å². The van der Waals surface area contributed by atoms with Gasteiger partial charge in [0.1, 0.15) is 6.10 Å². The number of hydrogen-bond acceptors (Lipinski definition) is 4. The number of ether oxygens (including phenoxy) is 1. The van der Waals surface area contributed by atoms with Gasteiger partial charge in [0, 0.05) is 17.7 Å². The number of aryl methyl sites for hydroxylation is 1. The van der Waals surface area contributed by atoms with Gasteiger partial charge in [0.2, 0.25) is 0 Å². The molecule has 1 aromatic heterocycles. The molecule has 2 rings (SSSR count). The first-order chi connectivity index (χ1) is 6.75. The number of thiazole rings is 1. The van der Waals surface area contributed by atoms with E-state index in [1.165, 1.54) is 11.3 Å². The first-order valence-corrected chi connectivity index (χ1v) is 5.42. The van der Waals surface area contributed by atoms with Gasteiger partial charge in [-0.25, -0.2) is 4.98 Å². The molecule has 1 amide bonds. The topological polar surface area (TPSA) is 51.2 Å². The van der Waals surface area contributed by atoms with Crippen LogP contribution in [0.4, 0.5) is 5.13 Å². The highest BCUT2D eigenvalue weighted by atomic mass is 32.1. The zero-order chi connectivity index (χ0) is 9.97. The lowest BCUT2D eigenvalue weighted by Gasteiger charge is -2.07. The number of nitrogens with zero attached hydrogens (tertiary/aromatic N) is 1. The van der Waals surface area contributed by atoms with Gasteiger partial charge in [-0.3, -0.25) is 10.1 Å². The minimum absolute atomic E-state index is 0.0724. The lowest BCUT2D eigenvalue weighted by molar-refractivity contribution is -0.124. The van der Waals surface area contributed by atoms with Crippen molar-refractivity contribution in [3.05, 3.63) is 11.1 Å². The summed E-state index contributed by atoms with van der Waals surface area (Å²) in [6.07, 6.45) is 3.25. The molecule has 0 bridgehead atoms. The number of amides is 1. The van der Waals surface area contributed by atoms with Crippen LogP contribution >= 0.6 is 11.3 Å². The van der Waals surface area contributed by atoms with Crippen LogP contribution < -0.4 is 5.32 Å². The molecule has 1 N–H and O–H groups in total. The van der Waals surface area contributed by atoms with Crippen molar-refractivity contribution in [1.82, 2.24) is 4.98 Å². The maximum absolute atomic E-state index is 11.6. The van der Waals surface area contributed by atoms with Gasteiger partial charge in [0.15, 0.2) is 5.13 Å². The Labute approximate surface area is 86.3 Å². The highest BCUT2D eigenvalue weighted by Gasteiger charge is 2.23. The fourth-order valence-corrected chi connectivity index (χ4v) is 2.05. The van der Waals surface area contributed by atoms with Crippen LogP contribution in [-0.2, 0) is 9.53 Å². The Hall–Kier alpha value is -0.940. The molecular formula is C9H12N2O2S. The molecule has 1 aliphatic rings. The van der Waals surface area contributed by atoms with Crippen LogP contribution in [0.2, 0.25) is 0 Å². The molecule has 1 aromatic rings. The Morgan fingerprint density at radius 2 is 2.64 bits per heavy atom. The van der Waals surface area contributed by atoms with Gasteiger partial charge < -0.3 is 4.74 Å². The molecule has 0 unspecified atom stereocenters. The highest BCUT2D eigenvalue weighted by molar-refractivity contribution is 7.15. The van der Waals surface area contributed by atoms with Gasteiger partial charge in [-0.2, -0.15) is 0 Å². The summed E-state index contributed by atoms with van der Waals surface area (Å²) >= 11 is 1.48. The van der Waals surface area contributed by atoms with Crippen LogP contribution in [0.25, 0.3) is 0 Å². The smallest absolute Gasteiger partial charge is 0.255 e. The average molecular weight is 212 g/mol. The fourth-order valence-electron chi connectivity index (χ4n) is 1.38. The summed E-state index contributed by atoms with van der Waals surface area (Å²) in [7, 11) is 0. The van der Waals surface area contributed by atoms with Gasteiger partial charge in [-0.05, 0) is 19.8 Å². The van der Waals surface area contributed by atoms with E-state index in [-0.39, 0.29) is 12.0 Å².